The maximum absolute atomic E-state index is 11.7. The van der Waals surface area contributed by atoms with Crippen LogP contribution in [0.2, 0.25) is 0 Å². The van der Waals surface area contributed by atoms with Crippen LogP contribution in [0.5, 0.6) is 0 Å². The second-order valence-electron chi connectivity index (χ2n) is 4.52. The number of methoxy groups -OCH3 is 1. The lowest BCUT2D eigenvalue weighted by atomic mass is 10.2. The molecule has 1 unspecified atom stereocenters. The number of rotatable bonds is 7. The summed E-state index contributed by atoms with van der Waals surface area (Å²) >= 11 is 0. The van der Waals surface area contributed by atoms with Gasteiger partial charge in [0, 0.05) is 26.5 Å². The molecule has 1 atom stereocenters. The van der Waals surface area contributed by atoms with Gasteiger partial charge in [0.1, 0.15) is 0 Å². The van der Waals surface area contributed by atoms with Crippen molar-refractivity contribution < 1.29 is 17.9 Å². The Balaban J connectivity index is 2.52. The fourth-order valence-electron chi connectivity index (χ4n) is 1.55. The molecule has 0 saturated heterocycles. The lowest BCUT2D eigenvalue weighted by Gasteiger charge is -2.11. The van der Waals surface area contributed by atoms with E-state index in [9.17, 15) is 13.2 Å². The molecule has 0 fully saturated rings. The van der Waals surface area contributed by atoms with Gasteiger partial charge in [-0.25, -0.2) is 8.42 Å². The number of nitrogens with two attached hydrogens (primary N) is 1. The van der Waals surface area contributed by atoms with E-state index >= 15 is 0 Å². The van der Waals surface area contributed by atoms with E-state index in [0.717, 1.165) is 11.8 Å². The molecule has 1 aromatic carbocycles. The molecule has 3 N–H and O–H groups in total. The van der Waals surface area contributed by atoms with Gasteiger partial charge in [0.25, 0.3) is 0 Å². The molecule has 0 saturated carbocycles. The Hall–Kier alpha value is -1.44. The standard InChI is InChI=1S/C13H20N2O4S/c1-19-8-7-12(14)13(16)15-9-10-3-5-11(6-4-10)20(2,17)18/h3-6,12H,7-9,14H2,1-2H3,(H,15,16). The quantitative estimate of drug-likeness (QED) is 0.742. The first-order valence-electron chi connectivity index (χ1n) is 6.16. The molecule has 1 amide bonds. The molecule has 0 spiro atoms. The minimum Gasteiger partial charge on any atom is -0.385 e. The van der Waals surface area contributed by atoms with Crippen LogP contribution in [0.3, 0.4) is 0 Å². The van der Waals surface area contributed by atoms with E-state index in [2.05, 4.69) is 5.32 Å². The SMILES string of the molecule is COCCC(N)C(=O)NCc1ccc(S(C)(=O)=O)cc1. The van der Waals surface area contributed by atoms with Crippen molar-refractivity contribution in [3.8, 4) is 0 Å². The smallest absolute Gasteiger partial charge is 0.237 e. The minimum atomic E-state index is -3.20. The summed E-state index contributed by atoms with van der Waals surface area (Å²) in [6.45, 7) is 0.737. The average molecular weight is 300 g/mol. The Bertz CT molecular complexity index is 540. The number of carbonyl (C=O) groups excluding carboxylic acids is 1. The number of benzene rings is 1. The number of sulfone groups is 1. The number of ether oxygens (including phenoxy) is 1. The molecule has 0 aromatic heterocycles. The number of carbonyl (C=O) groups is 1. The van der Waals surface area contributed by atoms with Crippen molar-refractivity contribution in [3.63, 3.8) is 0 Å². The van der Waals surface area contributed by atoms with E-state index in [1.165, 1.54) is 12.1 Å². The highest BCUT2D eigenvalue weighted by Crippen LogP contribution is 2.10. The molecule has 0 heterocycles. The van der Waals surface area contributed by atoms with Gasteiger partial charge in [0.05, 0.1) is 10.9 Å². The van der Waals surface area contributed by atoms with Crippen molar-refractivity contribution in [1.82, 2.24) is 5.32 Å². The Morgan fingerprint density at radius 1 is 1.35 bits per heavy atom. The van der Waals surface area contributed by atoms with Crippen LogP contribution in [0.15, 0.2) is 29.2 Å². The normalized spacial score (nSPS) is 12.9. The molecule has 0 bridgehead atoms. The van der Waals surface area contributed by atoms with Crippen molar-refractivity contribution in [2.45, 2.75) is 23.9 Å². The molecule has 7 heteroatoms. The van der Waals surface area contributed by atoms with E-state index in [0.29, 0.717) is 19.6 Å². The Labute approximate surface area is 119 Å². The summed E-state index contributed by atoms with van der Waals surface area (Å²) in [4.78, 5) is 11.9. The summed E-state index contributed by atoms with van der Waals surface area (Å²) in [6.07, 6.45) is 1.61. The third-order valence-electron chi connectivity index (χ3n) is 2.79. The number of hydrogen-bond acceptors (Lipinski definition) is 5. The van der Waals surface area contributed by atoms with Gasteiger partial charge in [-0.1, -0.05) is 12.1 Å². The maximum atomic E-state index is 11.7. The average Bonchev–Trinajstić information content (AvgIpc) is 2.41. The molecule has 1 aromatic rings. The highest BCUT2D eigenvalue weighted by Gasteiger charge is 2.12. The topological polar surface area (TPSA) is 98.5 Å². The van der Waals surface area contributed by atoms with Crippen LogP contribution in [0.1, 0.15) is 12.0 Å². The zero-order valence-corrected chi connectivity index (χ0v) is 12.4. The summed E-state index contributed by atoms with van der Waals surface area (Å²) in [5.74, 6) is -0.255. The third kappa shape index (κ3) is 5.28. The molecule has 112 valence electrons. The number of hydrogen-bond donors (Lipinski definition) is 2. The Morgan fingerprint density at radius 3 is 2.45 bits per heavy atom. The molecule has 0 radical (unpaired) electrons. The highest BCUT2D eigenvalue weighted by molar-refractivity contribution is 7.90. The van der Waals surface area contributed by atoms with E-state index < -0.39 is 15.9 Å². The largest absolute Gasteiger partial charge is 0.385 e. The molecular weight excluding hydrogens is 280 g/mol. The molecule has 6 nitrogen and oxygen atoms in total. The molecule has 1 rings (SSSR count). The van der Waals surface area contributed by atoms with Crippen LogP contribution in [-0.4, -0.2) is 40.3 Å². The maximum Gasteiger partial charge on any atom is 0.237 e. The highest BCUT2D eigenvalue weighted by atomic mass is 32.2. The number of amides is 1. The van der Waals surface area contributed by atoms with E-state index in [-0.39, 0.29) is 10.8 Å². The molecular formula is C13H20N2O4S. The fourth-order valence-corrected chi connectivity index (χ4v) is 2.18. The number of nitrogens with one attached hydrogen (secondary N) is 1. The third-order valence-corrected chi connectivity index (χ3v) is 3.92. The summed E-state index contributed by atoms with van der Waals surface area (Å²) in [5, 5.41) is 2.70. The van der Waals surface area contributed by atoms with Crippen molar-refractivity contribution in [3.05, 3.63) is 29.8 Å². The predicted molar refractivity (Wildman–Crippen MR) is 75.9 cm³/mol. The van der Waals surface area contributed by atoms with Crippen LogP contribution in [0.4, 0.5) is 0 Å². The van der Waals surface area contributed by atoms with Gasteiger partial charge in [-0.2, -0.15) is 0 Å². The molecule has 0 aliphatic rings. The van der Waals surface area contributed by atoms with E-state index in [1.807, 2.05) is 0 Å². The van der Waals surface area contributed by atoms with Crippen molar-refractivity contribution in [1.29, 1.82) is 0 Å². The van der Waals surface area contributed by atoms with Crippen LogP contribution in [0.25, 0.3) is 0 Å². The Morgan fingerprint density at radius 2 is 1.95 bits per heavy atom. The van der Waals surface area contributed by atoms with Gasteiger partial charge in [0.15, 0.2) is 9.84 Å². The second kappa shape index (κ2) is 7.37. The van der Waals surface area contributed by atoms with Crippen molar-refractivity contribution >= 4 is 15.7 Å². The van der Waals surface area contributed by atoms with Gasteiger partial charge in [-0.15, -0.1) is 0 Å². The minimum absolute atomic E-state index is 0.254. The van der Waals surface area contributed by atoms with Crippen molar-refractivity contribution in [2.75, 3.05) is 20.0 Å². The first-order chi connectivity index (χ1) is 9.34. The summed E-state index contributed by atoms with van der Waals surface area (Å²) in [6, 6.07) is 5.75. The van der Waals surface area contributed by atoms with E-state index in [4.69, 9.17) is 10.5 Å². The first kappa shape index (κ1) is 16.6. The second-order valence-corrected chi connectivity index (χ2v) is 6.54. The van der Waals surface area contributed by atoms with Gasteiger partial charge < -0.3 is 15.8 Å². The summed E-state index contributed by atoms with van der Waals surface area (Å²) in [7, 11) is -1.65. The van der Waals surface area contributed by atoms with Crippen LogP contribution in [0, 0.1) is 0 Å². The molecule has 20 heavy (non-hydrogen) atoms. The van der Waals surface area contributed by atoms with Gasteiger partial charge in [-0.3, -0.25) is 4.79 Å². The zero-order valence-electron chi connectivity index (χ0n) is 11.6. The van der Waals surface area contributed by atoms with Gasteiger partial charge >= 0.3 is 0 Å². The predicted octanol–water partition coefficient (Wildman–Crippen LogP) is 0.0701. The zero-order chi connectivity index (χ0) is 15.2. The molecule has 0 aliphatic carbocycles. The van der Waals surface area contributed by atoms with Gasteiger partial charge in [-0.05, 0) is 24.1 Å². The summed E-state index contributed by atoms with van der Waals surface area (Å²) < 4.78 is 27.5. The van der Waals surface area contributed by atoms with Gasteiger partial charge in [0.2, 0.25) is 5.91 Å². The van der Waals surface area contributed by atoms with Crippen LogP contribution < -0.4 is 11.1 Å². The van der Waals surface area contributed by atoms with Crippen LogP contribution >= 0.6 is 0 Å². The monoisotopic (exact) mass is 300 g/mol. The Kier molecular flexibility index (Phi) is 6.12. The lowest BCUT2D eigenvalue weighted by Crippen LogP contribution is -2.40. The van der Waals surface area contributed by atoms with Crippen molar-refractivity contribution in [2.24, 2.45) is 5.73 Å². The fraction of sp³-hybridized carbons (Fsp3) is 0.462. The molecule has 0 aliphatic heterocycles. The van der Waals surface area contributed by atoms with Crippen LogP contribution in [-0.2, 0) is 25.9 Å². The van der Waals surface area contributed by atoms with E-state index in [1.54, 1.807) is 19.2 Å². The lowest BCUT2D eigenvalue weighted by molar-refractivity contribution is -0.122. The first-order valence-corrected chi connectivity index (χ1v) is 8.05. The summed E-state index contributed by atoms with van der Waals surface area (Å²) in [5.41, 5.74) is 6.49.